The molecule has 0 bridgehead atoms. The van der Waals surface area contributed by atoms with Gasteiger partial charge in [-0.25, -0.2) is 0 Å². The smallest absolute Gasteiger partial charge is 0.133 e. The fourth-order valence-corrected chi connectivity index (χ4v) is 0.591. The van der Waals surface area contributed by atoms with E-state index in [-0.39, 0.29) is 0 Å². The lowest BCUT2D eigenvalue weighted by Gasteiger charge is -1.89. The van der Waals surface area contributed by atoms with Crippen LogP contribution in [0.25, 0.3) is 0 Å². The number of aliphatic hydroxyl groups is 1. The molecule has 0 amide bonds. The predicted molar refractivity (Wildman–Crippen MR) is 42.9 cm³/mol. The van der Waals surface area contributed by atoms with Gasteiger partial charge in [0.2, 0.25) is 0 Å². The van der Waals surface area contributed by atoms with Crippen LogP contribution in [0, 0.1) is 12.3 Å². The van der Waals surface area contributed by atoms with Crippen molar-refractivity contribution >= 4 is 14.5 Å². The number of allylic oxidation sites excluding steroid dienone is 1. The van der Waals surface area contributed by atoms with E-state index in [1.54, 1.807) is 6.08 Å². The first kappa shape index (κ1) is 8.43. The molecular formula is C7H9OP. The molecule has 0 aromatic heterocycles. The summed E-state index contributed by atoms with van der Waals surface area (Å²) in [7, 11) is 1.04. The van der Waals surface area contributed by atoms with Gasteiger partial charge in [-0.1, -0.05) is 18.3 Å². The van der Waals surface area contributed by atoms with E-state index in [9.17, 15) is 0 Å². The molecule has 0 rings (SSSR count). The maximum Gasteiger partial charge on any atom is 0.133 e. The molecule has 1 atom stereocenters. The van der Waals surface area contributed by atoms with E-state index >= 15 is 0 Å². The lowest BCUT2D eigenvalue weighted by molar-refractivity contribution is 0.281. The Morgan fingerprint density at radius 1 is 1.89 bits per heavy atom. The molecule has 0 aromatic rings. The van der Waals surface area contributed by atoms with Crippen LogP contribution in [0.3, 0.4) is 0 Å². The Morgan fingerprint density at radius 3 is 3.00 bits per heavy atom. The molecular weight excluding hydrogens is 131 g/mol. The van der Waals surface area contributed by atoms with Gasteiger partial charge in [0.25, 0.3) is 0 Å². The molecule has 1 N–H and O–H groups in total. The SMILES string of the molecule is C#CC(O)C=CCP=C. The second-order valence-corrected chi connectivity index (χ2v) is 2.26. The van der Waals surface area contributed by atoms with Gasteiger partial charge < -0.3 is 5.11 Å². The van der Waals surface area contributed by atoms with Crippen LogP contribution in [0.15, 0.2) is 12.2 Å². The third kappa shape index (κ3) is 5.30. The van der Waals surface area contributed by atoms with Crippen molar-refractivity contribution in [2.24, 2.45) is 0 Å². The maximum atomic E-state index is 8.74. The maximum absolute atomic E-state index is 8.74. The van der Waals surface area contributed by atoms with Crippen LogP contribution in [-0.4, -0.2) is 23.7 Å². The fourth-order valence-electron chi connectivity index (χ4n) is 0.320. The fraction of sp³-hybridized carbons (Fsp3) is 0.286. The van der Waals surface area contributed by atoms with E-state index in [1.165, 1.54) is 0 Å². The highest BCUT2D eigenvalue weighted by molar-refractivity contribution is 7.36. The van der Waals surface area contributed by atoms with Crippen molar-refractivity contribution in [1.82, 2.24) is 0 Å². The molecule has 0 aliphatic heterocycles. The van der Waals surface area contributed by atoms with Crippen molar-refractivity contribution in [3.63, 3.8) is 0 Å². The van der Waals surface area contributed by atoms with Crippen LogP contribution in [-0.2, 0) is 0 Å². The van der Waals surface area contributed by atoms with Gasteiger partial charge in [0, 0.05) is 6.16 Å². The Morgan fingerprint density at radius 2 is 2.56 bits per heavy atom. The average Bonchev–Trinajstić information content (AvgIpc) is 1.89. The number of hydrogen-bond acceptors (Lipinski definition) is 1. The summed E-state index contributed by atoms with van der Waals surface area (Å²) in [5.74, 6) is 2.17. The summed E-state index contributed by atoms with van der Waals surface area (Å²) in [4.78, 5) is 0. The van der Waals surface area contributed by atoms with E-state index in [1.807, 2.05) is 6.08 Å². The second kappa shape index (κ2) is 5.56. The quantitative estimate of drug-likeness (QED) is 0.351. The molecule has 0 saturated heterocycles. The summed E-state index contributed by atoms with van der Waals surface area (Å²) in [6.45, 7) is 0. The zero-order valence-corrected chi connectivity index (χ0v) is 6.01. The normalized spacial score (nSPS) is 13.8. The lowest BCUT2D eigenvalue weighted by Crippen LogP contribution is -1.95. The summed E-state index contributed by atoms with van der Waals surface area (Å²) in [6.07, 6.45) is 12.0. The Labute approximate surface area is 57.2 Å². The number of aliphatic hydroxyl groups excluding tert-OH is 1. The first-order valence-corrected chi connectivity index (χ1v) is 3.81. The molecule has 2 heteroatoms. The molecule has 0 aliphatic rings. The van der Waals surface area contributed by atoms with Crippen molar-refractivity contribution in [3.05, 3.63) is 12.2 Å². The first-order chi connectivity index (χ1) is 4.31. The van der Waals surface area contributed by atoms with E-state index < -0.39 is 6.10 Å². The van der Waals surface area contributed by atoms with Crippen LogP contribution < -0.4 is 0 Å². The third-order valence-electron chi connectivity index (χ3n) is 0.724. The monoisotopic (exact) mass is 140 g/mol. The molecule has 9 heavy (non-hydrogen) atoms. The number of terminal acetylenes is 1. The van der Waals surface area contributed by atoms with Gasteiger partial charge in [-0.05, 0) is 6.08 Å². The van der Waals surface area contributed by atoms with E-state index in [2.05, 4.69) is 12.2 Å². The van der Waals surface area contributed by atoms with Crippen molar-refractivity contribution < 1.29 is 5.11 Å². The zero-order valence-electron chi connectivity index (χ0n) is 5.12. The molecule has 1 unspecified atom stereocenters. The lowest BCUT2D eigenvalue weighted by atomic mass is 10.3. The van der Waals surface area contributed by atoms with Gasteiger partial charge in [0.05, 0.1) is 0 Å². The van der Waals surface area contributed by atoms with E-state index in [0.717, 1.165) is 14.4 Å². The highest BCUT2D eigenvalue weighted by atomic mass is 31.1. The first-order valence-electron chi connectivity index (χ1n) is 2.54. The van der Waals surface area contributed by atoms with Gasteiger partial charge >= 0.3 is 0 Å². The highest BCUT2D eigenvalue weighted by Gasteiger charge is 1.85. The van der Waals surface area contributed by atoms with E-state index in [4.69, 9.17) is 11.5 Å². The minimum atomic E-state index is -0.730. The summed E-state index contributed by atoms with van der Waals surface area (Å²) < 4.78 is 0. The zero-order chi connectivity index (χ0) is 7.11. The summed E-state index contributed by atoms with van der Waals surface area (Å²) in [6, 6.07) is 0. The molecule has 1 nitrogen and oxygen atoms in total. The Kier molecular flexibility index (Phi) is 5.21. The summed E-state index contributed by atoms with van der Waals surface area (Å²) >= 11 is 0. The van der Waals surface area contributed by atoms with Crippen molar-refractivity contribution in [2.45, 2.75) is 6.10 Å². The van der Waals surface area contributed by atoms with Crippen LogP contribution in [0.1, 0.15) is 0 Å². The van der Waals surface area contributed by atoms with Crippen molar-refractivity contribution in [1.29, 1.82) is 0 Å². The van der Waals surface area contributed by atoms with Gasteiger partial charge in [0.15, 0.2) is 0 Å². The van der Waals surface area contributed by atoms with Crippen LogP contribution >= 0.6 is 8.20 Å². The largest absolute Gasteiger partial charge is 0.377 e. The Balaban J connectivity index is 3.46. The predicted octanol–water partition coefficient (Wildman–Crippen LogP) is 0.915. The van der Waals surface area contributed by atoms with Gasteiger partial charge in [0.1, 0.15) is 6.10 Å². The minimum absolute atomic E-state index is 0.730. The Hall–Kier alpha value is -0.570. The molecule has 0 saturated carbocycles. The van der Waals surface area contributed by atoms with Crippen molar-refractivity contribution in [3.8, 4) is 12.3 Å². The highest BCUT2D eigenvalue weighted by Crippen LogP contribution is 1.91. The molecule has 48 valence electrons. The summed E-state index contributed by atoms with van der Waals surface area (Å²) in [5, 5.41) is 8.74. The number of hydrogen-bond donors (Lipinski definition) is 1. The van der Waals surface area contributed by atoms with Crippen LogP contribution in [0.5, 0.6) is 0 Å². The van der Waals surface area contributed by atoms with Crippen LogP contribution in [0.2, 0.25) is 0 Å². The topological polar surface area (TPSA) is 20.2 Å². The standard InChI is InChI=1S/C7H9OP/c1-3-7(8)5-4-6-9-2/h1,4-5,7-8H,2,6H2. The molecule has 0 heterocycles. The van der Waals surface area contributed by atoms with Gasteiger partial charge in [-0.3, -0.25) is 0 Å². The third-order valence-corrected chi connectivity index (χ3v) is 1.19. The molecule has 0 radical (unpaired) electrons. The average molecular weight is 140 g/mol. The molecule has 0 fully saturated rings. The van der Waals surface area contributed by atoms with Gasteiger partial charge in [-0.15, -0.1) is 14.6 Å². The molecule has 0 aromatic carbocycles. The minimum Gasteiger partial charge on any atom is -0.377 e. The van der Waals surface area contributed by atoms with Crippen LogP contribution in [0.4, 0.5) is 0 Å². The molecule has 0 aliphatic carbocycles. The Bertz CT molecular complexity index is 143. The summed E-state index contributed by atoms with van der Waals surface area (Å²) in [5.41, 5.74) is 0. The van der Waals surface area contributed by atoms with Crippen molar-refractivity contribution in [2.75, 3.05) is 6.16 Å². The van der Waals surface area contributed by atoms with E-state index in [0.29, 0.717) is 0 Å². The molecule has 0 spiro atoms. The second-order valence-electron chi connectivity index (χ2n) is 1.45. The van der Waals surface area contributed by atoms with Gasteiger partial charge in [-0.2, -0.15) is 0 Å². The number of rotatable bonds is 3.